The quantitative estimate of drug-likeness (QED) is 0.797. The van der Waals surface area contributed by atoms with Crippen molar-refractivity contribution in [1.29, 1.82) is 0 Å². The predicted octanol–water partition coefficient (Wildman–Crippen LogP) is 1.02. The molecule has 1 amide bonds. The summed E-state index contributed by atoms with van der Waals surface area (Å²) < 4.78 is 22.1. The molecule has 3 aliphatic rings. The van der Waals surface area contributed by atoms with Crippen molar-refractivity contribution < 1.29 is 23.7 Å². The summed E-state index contributed by atoms with van der Waals surface area (Å²) in [6.07, 6.45) is 0.983. The van der Waals surface area contributed by atoms with Crippen molar-refractivity contribution in [3.8, 4) is 11.5 Å². The second-order valence-electron chi connectivity index (χ2n) is 7.23. The minimum absolute atomic E-state index is 0.0199. The number of benzene rings is 1. The van der Waals surface area contributed by atoms with Gasteiger partial charge in [0, 0.05) is 25.2 Å². The van der Waals surface area contributed by atoms with E-state index in [-0.39, 0.29) is 11.5 Å². The minimum Gasteiger partial charge on any atom is -0.497 e. The fraction of sp³-hybridized carbons (Fsp3) is 0.632. The Hall–Kier alpha value is -1.83. The first-order chi connectivity index (χ1) is 12.6. The van der Waals surface area contributed by atoms with Gasteiger partial charge in [-0.1, -0.05) is 0 Å². The number of methoxy groups -OCH3 is 2. The molecule has 4 rings (SSSR count). The third-order valence-corrected chi connectivity index (χ3v) is 5.64. The van der Waals surface area contributed by atoms with Gasteiger partial charge in [0.15, 0.2) is 0 Å². The standard InChI is InChI=1S/C19H26N2O5/c1-23-15-3-4-16(17(9-15)24-2)18(22)21-12-19(13-21)10-14(11-26-19)20-5-7-25-8-6-20/h3-4,9,14H,5-8,10-13H2,1-2H3. The predicted molar refractivity (Wildman–Crippen MR) is 94.9 cm³/mol. The van der Waals surface area contributed by atoms with Gasteiger partial charge in [-0.3, -0.25) is 9.69 Å². The summed E-state index contributed by atoms with van der Waals surface area (Å²) >= 11 is 0. The molecule has 142 valence electrons. The van der Waals surface area contributed by atoms with Gasteiger partial charge >= 0.3 is 0 Å². The Balaban J connectivity index is 1.38. The van der Waals surface area contributed by atoms with Crippen molar-refractivity contribution in [1.82, 2.24) is 9.80 Å². The normalized spacial score (nSPS) is 25.2. The van der Waals surface area contributed by atoms with Gasteiger partial charge in [0.1, 0.15) is 17.1 Å². The van der Waals surface area contributed by atoms with Gasteiger partial charge in [-0.15, -0.1) is 0 Å². The second-order valence-corrected chi connectivity index (χ2v) is 7.23. The van der Waals surface area contributed by atoms with E-state index in [0.717, 1.165) is 39.3 Å². The fourth-order valence-corrected chi connectivity index (χ4v) is 4.16. The van der Waals surface area contributed by atoms with E-state index in [4.69, 9.17) is 18.9 Å². The molecule has 0 radical (unpaired) electrons. The lowest BCUT2D eigenvalue weighted by Crippen LogP contribution is -2.63. The van der Waals surface area contributed by atoms with E-state index in [9.17, 15) is 4.79 Å². The summed E-state index contributed by atoms with van der Waals surface area (Å²) in [6, 6.07) is 5.72. The third-order valence-electron chi connectivity index (χ3n) is 5.64. The molecule has 1 aromatic rings. The van der Waals surface area contributed by atoms with Crippen LogP contribution in [0.3, 0.4) is 0 Å². The van der Waals surface area contributed by atoms with Gasteiger partial charge < -0.3 is 23.8 Å². The van der Waals surface area contributed by atoms with E-state index in [2.05, 4.69) is 4.90 Å². The van der Waals surface area contributed by atoms with Crippen LogP contribution in [-0.2, 0) is 9.47 Å². The van der Waals surface area contributed by atoms with Gasteiger partial charge in [0.25, 0.3) is 5.91 Å². The molecule has 0 aliphatic carbocycles. The highest BCUT2D eigenvalue weighted by atomic mass is 16.5. The Kier molecular flexibility index (Phi) is 4.77. The lowest BCUT2D eigenvalue weighted by Gasteiger charge is -2.47. The molecule has 3 heterocycles. The molecule has 3 aliphatic heterocycles. The zero-order chi connectivity index (χ0) is 18.1. The average molecular weight is 362 g/mol. The molecular formula is C19H26N2O5. The molecule has 0 bridgehead atoms. The molecule has 3 fully saturated rings. The van der Waals surface area contributed by atoms with Crippen LogP contribution in [0.4, 0.5) is 0 Å². The number of hydrogen-bond acceptors (Lipinski definition) is 6. The van der Waals surface area contributed by atoms with E-state index in [0.29, 0.717) is 36.2 Å². The lowest BCUT2D eigenvalue weighted by molar-refractivity contribution is -0.0952. The van der Waals surface area contributed by atoms with Crippen LogP contribution in [0.25, 0.3) is 0 Å². The van der Waals surface area contributed by atoms with Crippen LogP contribution >= 0.6 is 0 Å². The number of hydrogen-bond donors (Lipinski definition) is 0. The number of rotatable bonds is 4. The molecular weight excluding hydrogens is 336 g/mol. The molecule has 1 atom stereocenters. The van der Waals surface area contributed by atoms with Gasteiger partial charge in [0.2, 0.25) is 0 Å². The second kappa shape index (κ2) is 7.06. The molecule has 26 heavy (non-hydrogen) atoms. The van der Waals surface area contributed by atoms with Crippen molar-refractivity contribution in [2.24, 2.45) is 0 Å². The van der Waals surface area contributed by atoms with E-state index in [1.165, 1.54) is 0 Å². The van der Waals surface area contributed by atoms with Crippen LogP contribution in [0.5, 0.6) is 11.5 Å². The van der Waals surface area contributed by atoms with Crippen molar-refractivity contribution in [2.45, 2.75) is 18.1 Å². The van der Waals surface area contributed by atoms with Crippen LogP contribution in [-0.4, -0.2) is 87.6 Å². The Morgan fingerprint density at radius 1 is 1.19 bits per heavy atom. The molecule has 1 aromatic carbocycles. The number of morpholine rings is 1. The molecule has 0 saturated carbocycles. The maximum atomic E-state index is 12.9. The van der Waals surface area contributed by atoms with Crippen molar-refractivity contribution in [3.05, 3.63) is 23.8 Å². The van der Waals surface area contributed by atoms with Crippen LogP contribution < -0.4 is 9.47 Å². The third kappa shape index (κ3) is 3.15. The molecule has 0 aromatic heterocycles. The summed E-state index contributed by atoms with van der Waals surface area (Å²) in [4.78, 5) is 17.1. The van der Waals surface area contributed by atoms with Crippen LogP contribution in [0, 0.1) is 0 Å². The molecule has 3 saturated heterocycles. The SMILES string of the molecule is COc1ccc(C(=O)N2CC3(CC(N4CCOCC4)CO3)C2)c(OC)c1. The number of amides is 1. The van der Waals surface area contributed by atoms with Crippen molar-refractivity contribution >= 4 is 5.91 Å². The lowest BCUT2D eigenvalue weighted by atomic mass is 9.88. The Morgan fingerprint density at radius 3 is 2.65 bits per heavy atom. The van der Waals surface area contributed by atoms with E-state index in [1.54, 1.807) is 32.4 Å². The highest BCUT2D eigenvalue weighted by Gasteiger charge is 2.52. The Labute approximate surface area is 153 Å². The van der Waals surface area contributed by atoms with E-state index >= 15 is 0 Å². The van der Waals surface area contributed by atoms with Crippen molar-refractivity contribution in [3.63, 3.8) is 0 Å². The molecule has 1 spiro atoms. The highest BCUT2D eigenvalue weighted by Crippen LogP contribution is 2.38. The molecule has 1 unspecified atom stereocenters. The van der Waals surface area contributed by atoms with Gasteiger partial charge in [0.05, 0.1) is 52.7 Å². The molecule has 7 nitrogen and oxygen atoms in total. The first-order valence-corrected chi connectivity index (χ1v) is 9.11. The summed E-state index contributed by atoms with van der Waals surface area (Å²) in [5, 5.41) is 0. The van der Waals surface area contributed by atoms with Gasteiger partial charge in [-0.05, 0) is 18.6 Å². The maximum Gasteiger partial charge on any atom is 0.257 e. The zero-order valence-corrected chi connectivity index (χ0v) is 15.4. The monoisotopic (exact) mass is 362 g/mol. The first-order valence-electron chi connectivity index (χ1n) is 9.11. The molecule has 7 heteroatoms. The van der Waals surface area contributed by atoms with Crippen LogP contribution in [0.15, 0.2) is 18.2 Å². The zero-order valence-electron chi connectivity index (χ0n) is 15.4. The average Bonchev–Trinajstić information content (AvgIpc) is 3.12. The topological polar surface area (TPSA) is 60.5 Å². The summed E-state index contributed by atoms with van der Waals surface area (Å²) in [5.74, 6) is 1.19. The Morgan fingerprint density at radius 2 is 1.96 bits per heavy atom. The summed E-state index contributed by atoms with van der Waals surface area (Å²) in [6.45, 7) is 5.56. The summed E-state index contributed by atoms with van der Waals surface area (Å²) in [5.41, 5.74) is 0.379. The maximum absolute atomic E-state index is 12.9. The first kappa shape index (κ1) is 17.6. The number of nitrogens with zero attached hydrogens (tertiary/aromatic N) is 2. The Bertz CT molecular complexity index is 668. The van der Waals surface area contributed by atoms with Crippen LogP contribution in [0.2, 0.25) is 0 Å². The van der Waals surface area contributed by atoms with Gasteiger partial charge in [-0.2, -0.15) is 0 Å². The number of carbonyl (C=O) groups is 1. The fourth-order valence-electron chi connectivity index (χ4n) is 4.16. The number of likely N-dealkylation sites (tertiary alicyclic amines) is 1. The number of carbonyl (C=O) groups excluding carboxylic acids is 1. The van der Waals surface area contributed by atoms with Crippen LogP contribution in [0.1, 0.15) is 16.8 Å². The highest BCUT2D eigenvalue weighted by molar-refractivity contribution is 5.97. The largest absolute Gasteiger partial charge is 0.497 e. The molecule has 0 N–H and O–H groups in total. The minimum atomic E-state index is -0.182. The summed E-state index contributed by atoms with van der Waals surface area (Å²) in [7, 11) is 3.16. The number of ether oxygens (including phenoxy) is 4. The smallest absolute Gasteiger partial charge is 0.257 e. The van der Waals surface area contributed by atoms with E-state index < -0.39 is 0 Å². The van der Waals surface area contributed by atoms with Crippen molar-refractivity contribution in [2.75, 3.05) is 60.2 Å². The van der Waals surface area contributed by atoms with Gasteiger partial charge in [-0.25, -0.2) is 0 Å². The van der Waals surface area contributed by atoms with E-state index in [1.807, 2.05) is 4.90 Å².